The van der Waals surface area contributed by atoms with E-state index in [1.54, 1.807) is 19.1 Å². The van der Waals surface area contributed by atoms with Gasteiger partial charge in [-0.2, -0.15) is 23.8 Å². The minimum Gasteiger partial charge on any atom is -0.366 e. The van der Waals surface area contributed by atoms with Crippen LogP contribution in [0.4, 0.5) is 24.8 Å². The van der Waals surface area contributed by atoms with Crippen LogP contribution in [-0.4, -0.2) is 59.7 Å². The number of benzene rings is 1. The lowest BCUT2D eigenvalue weighted by Gasteiger charge is -2.26. The van der Waals surface area contributed by atoms with E-state index >= 15 is 0 Å². The Hall–Kier alpha value is -2.96. The van der Waals surface area contributed by atoms with E-state index in [1.165, 1.54) is 6.07 Å². The number of hydrogen-bond acceptors (Lipinski definition) is 8. The molecule has 5 rings (SSSR count). The normalized spacial score (nSPS) is 20.9. The molecule has 2 aromatic heterocycles. The Morgan fingerprint density at radius 1 is 1.03 bits per heavy atom. The maximum Gasteiger partial charge on any atom is 0.416 e. The van der Waals surface area contributed by atoms with Gasteiger partial charge in [0.2, 0.25) is 0 Å². The summed E-state index contributed by atoms with van der Waals surface area (Å²) in [5.74, 6) is 2.43. The van der Waals surface area contributed by atoms with Gasteiger partial charge in [-0.25, -0.2) is 19.9 Å². The fraction of sp³-hybridized carbons (Fsp3) is 0.417. The molecule has 8 nitrogen and oxygen atoms in total. The summed E-state index contributed by atoms with van der Waals surface area (Å²) >= 11 is 0. The van der Waals surface area contributed by atoms with Crippen LogP contribution in [0.3, 0.4) is 0 Å². The molecule has 3 N–H and O–H groups in total. The predicted octanol–water partition coefficient (Wildman–Crippen LogP) is 5.45. The second-order valence-corrected chi connectivity index (χ2v) is 11.5. The summed E-state index contributed by atoms with van der Waals surface area (Å²) in [6.07, 6.45) is 1.66. The molecule has 36 heavy (non-hydrogen) atoms. The quantitative estimate of drug-likeness (QED) is 0.408. The third-order valence-electron chi connectivity index (χ3n) is 6.37. The van der Waals surface area contributed by atoms with Gasteiger partial charge in [-0.05, 0) is 56.5 Å². The van der Waals surface area contributed by atoms with Crippen molar-refractivity contribution in [3.63, 3.8) is 0 Å². The zero-order valence-electron chi connectivity index (χ0n) is 19.7. The Balaban J connectivity index is 1.46. The minimum absolute atomic E-state index is 0.0930. The van der Waals surface area contributed by atoms with Gasteiger partial charge >= 0.3 is 6.18 Å². The number of aromatic nitrogens is 4. The summed E-state index contributed by atoms with van der Waals surface area (Å²) in [7, 11) is -2.55. The van der Waals surface area contributed by atoms with E-state index < -0.39 is 22.3 Å². The topological polar surface area (TPSA) is 107 Å². The van der Waals surface area contributed by atoms with Crippen molar-refractivity contribution in [3.8, 4) is 0 Å². The van der Waals surface area contributed by atoms with Crippen molar-refractivity contribution in [3.05, 3.63) is 47.0 Å². The molecule has 192 valence electrons. The number of nitrogens with one attached hydrogen (secondary N) is 1. The molecule has 12 heteroatoms. The summed E-state index contributed by atoms with van der Waals surface area (Å²) < 4.78 is 59.4. The summed E-state index contributed by atoms with van der Waals surface area (Å²) in [5, 5.41) is 3.31. The number of fused-ring (bicyclic) bond motifs is 1. The van der Waals surface area contributed by atoms with Crippen molar-refractivity contribution >= 4 is 45.4 Å². The maximum absolute atomic E-state index is 13.1. The van der Waals surface area contributed by atoms with Gasteiger partial charge in [0, 0.05) is 31.0 Å². The molecule has 2 aliphatic heterocycles. The van der Waals surface area contributed by atoms with Crippen LogP contribution in [0.25, 0.3) is 23.2 Å². The van der Waals surface area contributed by atoms with Crippen LogP contribution in [0.2, 0.25) is 0 Å². The number of aryl methyl sites for hydroxylation is 1. The first-order chi connectivity index (χ1) is 17.1. The number of nitrogens with zero attached hydrogens (tertiary/aromatic N) is 5. The molecule has 2 fully saturated rings. The lowest BCUT2D eigenvalue weighted by atomic mass is 10.1. The van der Waals surface area contributed by atoms with Gasteiger partial charge in [-0.1, -0.05) is 0 Å². The van der Waals surface area contributed by atoms with Gasteiger partial charge in [0.25, 0.3) is 0 Å². The highest BCUT2D eigenvalue weighted by atomic mass is 32.3. The maximum atomic E-state index is 13.1. The Labute approximate surface area is 208 Å². The highest BCUT2D eigenvalue weighted by molar-refractivity contribution is 8.24. The second kappa shape index (κ2) is 9.49. The van der Waals surface area contributed by atoms with Crippen LogP contribution < -0.4 is 10.2 Å². The molecule has 3 aromatic rings. The van der Waals surface area contributed by atoms with Crippen LogP contribution in [-0.2, 0) is 6.18 Å². The first-order valence-electron chi connectivity index (χ1n) is 11.7. The van der Waals surface area contributed by atoms with Crippen molar-refractivity contribution in [2.24, 2.45) is 0 Å². The third kappa shape index (κ3) is 5.55. The Morgan fingerprint density at radius 2 is 1.81 bits per heavy atom. The van der Waals surface area contributed by atoms with Crippen molar-refractivity contribution in [2.75, 3.05) is 34.8 Å². The highest BCUT2D eigenvalue weighted by Gasteiger charge is 2.31. The van der Waals surface area contributed by atoms with Gasteiger partial charge in [0.05, 0.1) is 33.7 Å². The molecule has 0 amide bonds. The third-order valence-corrected chi connectivity index (χ3v) is 8.19. The SMILES string of the molecule is Cc1nc2ccc(C(F)(F)F)cc2nc1C=Cc1nc(N[C@@H]2CCS(O)(O)C2)cc(N2CCCC2)n1. The largest absolute Gasteiger partial charge is 0.416 e. The average Bonchev–Trinajstić information content (AvgIpc) is 3.46. The molecule has 2 aliphatic rings. The Morgan fingerprint density at radius 3 is 2.50 bits per heavy atom. The van der Waals surface area contributed by atoms with Gasteiger partial charge in [-0.3, -0.25) is 9.11 Å². The minimum atomic E-state index is -4.46. The lowest BCUT2D eigenvalue weighted by molar-refractivity contribution is -0.137. The molecular weight excluding hydrogens is 493 g/mol. The molecule has 4 heterocycles. The molecular formula is C24H27F3N6O2S. The lowest BCUT2D eigenvalue weighted by Crippen LogP contribution is -2.23. The molecule has 0 aliphatic carbocycles. The highest BCUT2D eigenvalue weighted by Crippen LogP contribution is 2.46. The number of anilines is 2. The molecule has 2 saturated heterocycles. The zero-order valence-corrected chi connectivity index (χ0v) is 20.5. The summed E-state index contributed by atoms with van der Waals surface area (Å²) in [6.45, 7) is 3.53. The van der Waals surface area contributed by atoms with Crippen molar-refractivity contribution in [1.29, 1.82) is 0 Å². The van der Waals surface area contributed by atoms with Crippen LogP contribution in [0.5, 0.6) is 0 Å². The van der Waals surface area contributed by atoms with E-state index in [4.69, 9.17) is 0 Å². The Bertz CT molecular complexity index is 1310. The van der Waals surface area contributed by atoms with E-state index in [2.05, 4.69) is 30.2 Å². The van der Waals surface area contributed by atoms with E-state index in [0.717, 1.165) is 43.9 Å². The van der Waals surface area contributed by atoms with Crippen molar-refractivity contribution in [1.82, 2.24) is 19.9 Å². The second-order valence-electron chi connectivity index (χ2n) is 9.20. The van der Waals surface area contributed by atoms with Gasteiger partial charge in [0.1, 0.15) is 11.6 Å². The molecule has 0 spiro atoms. The molecule has 0 unspecified atom stereocenters. The summed E-state index contributed by atoms with van der Waals surface area (Å²) in [5.41, 5.74) is 0.771. The summed E-state index contributed by atoms with van der Waals surface area (Å²) in [4.78, 5) is 20.2. The average molecular weight is 521 g/mol. The molecule has 0 radical (unpaired) electrons. The van der Waals surface area contributed by atoms with Gasteiger partial charge in [0.15, 0.2) is 5.82 Å². The van der Waals surface area contributed by atoms with Gasteiger partial charge < -0.3 is 10.2 Å². The van der Waals surface area contributed by atoms with E-state index in [-0.39, 0.29) is 17.3 Å². The number of rotatable bonds is 5. The molecule has 0 bridgehead atoms. The number of hydrogen-bond donors (Lipinski definition) is 3. The van der Waals surface area contributed by atoms with E-state index in [9.17, 15) is 22.3 Å². The van der Waals surface area contributed by atoms with Crippen LogP contribution in [0, 0.1) is 6.92 Å². The van der Waals surface area contributed by atoms with Crippen molar-refractivity contribution < 1.29 is 22.3 Å². The van der Waals surface area contributed by atoms with Crippen LogP contribution in [0.15, 0.2) is 24.3 Å². The number of alkyl halides is 3. The fourth-order valence-electron chi connectivity index (χ4n) is 4.50. The predicted molar refractivity (Wildman–Crippen MR) is 136 cm³/mol. The molecule has 1 atom stereocenters. The number of halogens is 3. The van der Waals surface area contributed by atoms with Gasteiger partial charge in [-0.15, -0.1) is 0 Å². The first-order valence-corrected chi connectivity index (χ1v) is 13.6. The summed E-state index contributed by atoms with van der Waals surface area (Å²) in [6, 6.07) is 5.10. The van der Waals surface area contributed by atoms with E-state index in [1.807, 2.05) is 6.07 Å². The Kier molecular flexibility index (Phi) is 6.52. The molecule has 1 aromatic carbocycles. The monoisotopic (exact) mass is 520 g/mol. The zero-order chi connectivity index (χ0) is 25.5. The molecule has 0 saturated carbocycles. The first kappa shape index (κ1) is 24.7. The van der Waals surface area contributed by atoms with Crippen molar-refractivity contribution in [2.45, 2.75) is 38.4 Å². The van der Waals surface area contributed by atoms with E-state index in [0.29, 0.717) is 40.7 Å². The van der Waals surface area contributed by atoms with Crippen LogP contribution in [0.1, 0.15) is 42.0 Å². The standard InChI is InChI=1S/C24H27F3N6O2S/c1-15-18(30-20-12-16(24(25,26)27)4-5-19(20)28-15)6-7-21-31-22(29-17-8-11-36(34,35)14-17)13-23(32-21)33-9-2-3-10-33/h4-7,12-13,17,34-35H,2-3,8-11,14H2,1H3,(H,29,31,32)/t17-/m1/s1. The van der Waals surface area contributed by atoms with Crippen LogP contribution >= 0.6 is 10.6 Å². The fourth-order valence-corrected chi connectivity index (χ4v) is 6.22. The smallest absolute Gasteiger partial charge is 0.366 e.